The van der Waals surface area contributed by atoms with E-state index in [1.54, 1.807) is 0 Å². The Kier molecular flexibility index (Phi) is 1.63. The molecular weight excluding hydrogens is 155 g/mol. The van der Waals surface area contributed by atoms with Crippen molar-refractivity contribution in [3.63, 3.8) is 0 Å². The quantitative estimate of drug-likeness (QED) is 0.355. The summed E-state index contributed by atoms with van der Waals surface area (Å²) in [7, 11) is 0. The standard InChI is InChI=1S/C4H3FN4O2/c5-4-7-1-2(9(10)11)3(6)8-4/h1H,(H2,6,7,8). The Labute approximate surface area is 60.0 Å². The molecule has 1 aromatic rings. The van der Waals surface area contributed by atoms with Crippen molar-refractivity contribution in [2.45, 2.75) is 0 Å². The Bertz CT molecular complexity index is 302. The van der Waals surface area contributed by atoms with Gasteiger partial charge in [0.1, 0.15) is 6.20 Å². The normalized spacial score (nSPS) is 9.55. The largest absolute Gasteiger partial charge is 0.378 e. The molecule has 0 aliphatic heterocycles. The van der Waals surface area contributed by atoms with E-state index in [1.807, 2.05) is 0 Å². The fourth-order valence-electron chi connectivity index (χ4n) is 0.507. The van der Waals surface area contributed by atoms with Crippen molar-refractivity contribution in [2.24, 2.45) is 0 Å². The number of hydrogen-bond donors (Lipinski definition) is 1. The van der Waals surface area contributed by atoms with E-state index < -0.39 is 22.5 Å². The Balaban J connectivity index is 3.20. The number of nitrogens with two attached hydrogens (primary N) is 1. The predicted octanol–water partition coefficient (Wildman–Crippen LogP) is 0.106. The molecule has 0 saturated carbocycles. The van der Waals surface area contributed by atoms with Crippen LogP contribution < -0.4 is 5.73 Å². The van der Waals surface area contributed by atoms with E-state index in [0.29, 0.717) is 0 Å². The minimum atomic E-state index is -1.08. The SMILES string of the molecule is Nc1nc(F)ncc1[N+](=O)[O-]. The fraction of sp³-hybridized carbons (Fsp3) is 0. The maximum Gasteiger partial charge on any atom is 0.329 e. The first-order valence-corrected chi connectivity index (χ1v) is 2.53. The lowest BCUT2D eigenvalue weighted by atomic mass is 10.5. The third-order valence-corrected chi connectivity index (χ3v) is 0.965. The molecule has 0 atom stereocenters. The first kappa shape index (κ1) is 7.32. The van der Waals surface area contributed by atoms with Crippen molar-refractivity contribution in [1.82, 2.24) is 9.97 Å². The molecule has 6 nitrogen and oxygen atoms in total. The Hall–Kier alpha value is -1.79. The highest BCUT2D eigenvalue weighted by molar-refractivity contribution is 5.49. The van der Waals surface area contributed by atoms with Gasteiger partial charge in [0.15, 0.2) is 0 Å². The Morgan fingerprint density at radius 3 is 2.82 bits per heavy atom. The van der Waals surface area contributed by atoms with Crippen LogP contribution in [-0.4, -0.2) is 14.9 Å². The van der Waals surface area contributed by atoms with Crippen molar-refractivity contribution in [2.75, 3.05) is 5.73 Å². The zero-order valence-corrected chi connectivity index (χ0v) is 5.19. The third kappa shape index (κ3) is 1.37. The minimum absolute atomic E-state index is 0.470. The van der Waals surface area contributed by atoms with Gasteiger partial charge >= 0.3 is 11.8 Å². The topological polar surface area (TPSA) is 94.9 Å². The first-order valence-electron chi connectivity index (χ1n) is 2.53. The number of anilines is 1. The van der Waals surface area contributed by atoms with Gasteiger partial charge in [-0.05, 0) is 0 Å². The van der Waals surface area contributed by atoms with Crippen LogP contribution in [0, 0.1) is 16.2 Å². The summed E-state index contributed by atoms with van der Waals surface area (Å²) in [6.45, 7) is 0. The van der Waals surface area contributed by atoms with E-state index in [0.717, 1.165) is 6.20 Å². The van der Waals surface area contributed by atoms with Gasteiger partial charge in [-0.3, -0.25) is 10.1 Å². The molecule has 58 valence electrons. The van der Waals surface area contributed by atoms with Gasteiger partial charge in [-0.2, -0.15) is 9.37 Å². The lowest BCUT2D eigenvalue weighted by molar-refractivity contribution is -0.384. The van der Waals surface area contributed by atoms with Crippen molar-refractivity contribution in [3.8, 4) is 0 Å². The molecule has 7 heteroatoms. The van der Waals surface area contributed by atoms with Gasteiger partial charge in [0.05, 0.1) is 4.92 Å². The van der Waals surface area contributed by atoms with E-state index in [-0.39, 0.29) is 0 Å². The summed E-state index contributed by atoms with van der Waals surface area (Å²) in [4.78, 5) is 15.2. The number of aromatic nitrogens is 2. The van der Waals surface area contributed by atoms with Crippen molar-refractivity contribution in [3.05, 3.63) is 22.4 Å². The Morgan fingerprint density at radius 1 is 1.73 bits per heavy atom. The lowest BCUT2D eigenvalue weighted by Crippen LogP contribution is -2.01. The van der Waals surface area contributed by atoms with Crippen LogP contribution in [0.4, 0.5) is 15.9 Å². The number of halogens is 1. The van der Waals surface area contributed by atoms with Crippen LogP contribution in [-0.2, 0) is 0 Å². The number of nitrogen functional groups attached to an aromatic ring is 1. The highest BCUT2D eigenvalue weighted by Gasteiger charge is 2.13. The summed E-state index contributed by atoms with van der Waals surface area (Å²) < 4.78 is 12.1. The molecule has 2 N–H and O–H groups in total. The average Bonchev–Trinajstić information content (AvgIpc) is 1.85. The summed E-state index contributed by atoms with van der Waals surface area (Å²) in [5.41, 5.74) is 4.50. The second kappa shape index (κ2) is 2.45. The van der Waals surface area contributed by atoms with Crippen molar-refractivity contribution < 1.29 is 9.31 Å². The van der Waals surface area contributed by atoms with Crippen LogP contribution in [0.25, 0.3) is 0 Å². The summed E-state index contributed by atoms with van der Waals surface area (Å²) in [6.07, 6.45) is -0.356. The molecule has 0 aliphatic rings. The van der Waals surface area contributed by atoms with Gasteiger partial charge in [-0.25, -0.2) is 4.98 Å². The molecule has 0 aromatic carbocycles. The van der Waals surface area contributed by atoms with Crippen LogP contribution in [0.5, 0.6) is 0 Å². The minimum Gasteiger partial charge on any atom is -0.378 e. The van der Waals surface area contributed by atoms with E-state index in [4.69, 9.17) is 5.73 Å². The molecule has 1 aromatic heterocycles. The van der Waals surface area contributed by atoms with Gasteiger partial charge in [-0.15, -0.1) is 0 Å². The third-order valence-electron chi connectivity index (χ3n) is 0.965. The van der Waals surface area contributed by atoms with Crippen LogP contribution in [0.2, 0.25) is 0 Å². The first-order chi connectivity index (χ1) is 5.11. The molecule has 0 fully saturated rings. The summed E-state index contributed by atoms with van der Waals surface area (Å²) in [5, 5.41) is 10.1. The number of nitrogens with zero attached hydrogens (tertiary/aromatic N) is 3. The molecule has 0 saturated heterocycles. The number of nitro groups is 1. The predicted molar refractivity (Wildman–Crippen MR) is 33.1 cm³/mol. The van der Waals surface area contributed by atoms with Gasteiger partial charge in [0.25, 0.3) is 0 Å². The molecule has 1 heterocycles. The number of hydrogen-bond acceptors (Lipinski definition) is 5. The van der Waals surface area contributed by atoms with Gasteiger partial charge in [0.2, 0.25) is 5.82 Å². The van der Waals surface area contributed by atoms with Crippen LogP contribution >= 0.6 is 0 Å². The molecule has 0 spiro atoms. The summed E-state index contributed by atoms with van der Waals surface area (Å²) in [5.74, 6) is -0.470. The van der Waals surface area contributed by atoms with Crippen molar-refractivity contribution in [1.29, 1.82) is 0 Å². The van der Waals surface area contributed by atoms with Gasteiger partial charge < -0.3 is 5.73 Å². The van der Waals surface area contributed by atoms with E-state index in [9.17, 15) is 14.5 Å². The van der Waals surface area contributed by atoms with Crippen LogP contribution in [0.15, 0.2) is 6.20 Å². The molecule has 1 rings (SSSR count). The maximum absolute atomic E-state index is 12.1. The summed E-state index contributed by atoms with van der Waals surface area (Å²) >= 11 is 0. The second-order valence-corrected chi connectivity index (χ2v) is 1.67. The number of rotatable bonds is 1. The van der Waals surface area contributed by atoms with E-state index >= 15 is 0 Å². The monoisotopic (exact) mass is 158 g/mol. The highest BCUT2D eigenvalue weighted by Crippen LogP contribution is 2.15. The molecule has 0 bridgehead atoms. The lowest BCUT2D eigenvalue weighted by Gasteiger charge is -1.92. The second-order valence-electron chi connectivity index (χ2n) is 1.67. The highest BCUT2D eigenvalue weighted by atomic mass is 19.1. The molecule has 0 unspecified atom stereocenters. The van der Waals surface area contributed by atoms with Crippen LogP contribution in [0.3, 0.4) is 0 Å². The molecule has 0 amide bonds. The van der Waals surface area contributed by atoms with E-state index in [2.05, 4.69) is 9.97 Å². The smallest absolute Gasteiger partial charge is 0.329 e. The Morgan fingerprint density at radius 2 is 2.36 bits per heavy atom. The zero-order chi connectivity index (χ0) is 8.43. The molecular formula is C4H3FN4O2. The molecule has 11 heavy (non-hydrogen) atoms. The maximum atomic E-state index is 12.1. The van der Waals surface area contributed by atoms with E-state index in [1.165, 1.54) is 0 Å². The zero-order valence-electron chi connectivity index (χ0n) is 5.19. The molecule has 0 radical (unpaired) electrons. The molecule has 0 aliphatic carbocycles. The van der Waals surface area contributed by atoms with Crippen LogP contribution in [0.1, 0.15) is 0 Å². The summed E-state index contributed by atoms with van der Waals surface area (Å²) in [6, 6.07) is 0. The average molecular weight is 158 g/mol. The fourth-order valence-corrected chi connectivity index (χ4v) is 0.507. The van der Waals surface area contributed by atoms with Gasteiger partial charge in [-0.1, -0.05) is 0 Å². The van der Waals surface area contributed by atoms with Gasteiger partial charge in [0, 0.05) is 0 Å². The van der Waals surface area contributed by atoms with Crippen molar-refractivity contribution >= 4 is 11.5 Å².